The van der Waals surface area contributed by atoms with E-state index in [2.05, 4.69) is 9.47 Å². The Morgan fingerprint density at radius 2 is 0.970 bits per heavy atom. The fraction of sp³-hybridized carbons (Fsp3) is 0.235. The molecule has 0 saturated heterocycles. The van der Waals surface area contributed by atoms with Crippen LogP contribution in [-0.4, -0.2) is 103 Å². The summed E-state index contributed by atoms with van der Waals surface area (Å²) in [5, 5.41) is 64.3. The molecule has 1 aromatic rings. The Bertz CT molecular complexity index is 999. The summed E-state index contributed by atoms with van der Waals surface area (Å²) in [6, 6.07) is 0. The van der Waals surface area contributed by atoms with E-state index in [1.807, 2.05) is 0 Å². The van der Waals surface area contributed by atoms with Gasteiger partial charge in [0.25, 0.3) is 0 Å². The normalized spacial score (nSPS) is 11.3. The second-order valence-corrected chi connectivity index (χ2v) is 5.89. The van der Waals surface area contributed by atoms with Crippen LogP contribution in [0, 0.1) is 0 Å². The van der Waals surface area contributed by atoms with Crippen molar-refractivity contribution in [3.05, 3.63) is 33.4 Å². The van der Waals surface area contributed by atoms with E-state index >= 15 is 0 Å². The second kappa shape index (κ2) is 10.8. The minimum Gasteiger partial charge on any atom is -0.478 e. The molecule has 0 aliphatic heterocycles. The average molecular weight is 474 g/mol. The summed E-state index contributed by atoms with van der Waals surface area (Å²) in [5.74, 6) is -15.5. The third kappa shape index (κ3) is 5.85. The monoisotopic (exact) mass is 474 g/mol. The summed E-state index contributed by atoms with van der Waals surface area (Å²) in [6.45, 7) is -2.48. The molecule has 0 aromatic heterocycles. The molecule has 0 saturated carbocycles. The molecule has 0 amide bonds. The van der Waals surface area contributed by atoms with Gasteiger partial charge in [0.05, 0.1) is 46.6 Å². The topological polar surface area (TPSA) is 280 Å². The standard InChI is InChI=1S/C17H14O16/c18-1-4(19)2-32-3-5(20)33-17(31)11-9(15(27)28)7(13(23)24)6(12(21)22)8(14(25)26)10(11)16(29)30/h4,18-19H,1-3H2,(H,21,22)(H,23,24)(H,25,26)(H,27,28)(H,29,30). The number of esters is 2. The Morgan fingerprint density at radius 1 is 0.636 bits per heavy atom. The van der Waals surface area contributed by atoms with Gasteiger partial charge in [0, 0.05) is 0 Å². The van der Waals surface area contributed by atoms with E-state index < -0.39 is 101 Å². The van der Waals surface area contributed by atoms with Gasteiger partial charge in [-0.05, 0) is 0 Å². The third-order valence-corrected chi connectivity index (χ3v) is 3.72. The molecule has 0 heterocycles. The largest absolute Gasteiger partial charge is 0.478 e. The fourth-order valence-electron chi connectivity index (χ4n) is 2.54. The van der Waals surface area contributed by atoms with Crippen molar-refractivity contribution in [1.82, 2.24) is 0 Å². The van der Waals surface area contributed by atoms with Gasteiger partial charge >= 0.3 is 41.8 Å². The summed E-state index contributed by atoms with van der Waals surface area (Å²) in [6.07, 6.45) is -1.43. The Morgan fingerprint density at radius 3 is 1.27 bits per heavy atom. The van der Waals surface area contributed by atoms with Crippen LogP contribution in [0.3, 0.4) is 0 Å². The van der Waals surface area contributed by atoms with Gasteiger partial charge in [-0.3, -0.25) is 0 Å². The van der Waals surface area contributed by atoms with Gasteiger partial charge in [-0.25, -0.2) is 33.6 Å². The molecule has 33 heavy (non-hydrogen) atoms. The first-order valence-electron chi connectivity index (χ1n) is 8.28. The van der Waals surface area contributed by atoms with E-state index in [1.165, 1.54) is 0 Å². The number of hydrogen-bond acceptors (Lipinski definition) is 11. The Labute approximate surface area is 180 Å². The molecule has 1 rings (SSSR count). The zero-order valence-electron chi connectivity index (χ0n) is 16.0. The molecule has 16 nitrogen and oxygen atoms in total. The van der Waals surface area contributed by atoms with Crippen molar-refractivity contribution in [3.63, 3.8) is 0 Å². The maximum absolute atomic E-state index is 12.4. The number of benzene rings is 1. The highest BCUT2D eigenvalue weighted by Gasteiger charge is 2.41. The fourth-order valence-corrected chi connectivity index (χ4v) is 2.54. The number of carboxylic acids is 5. The number of carbonyl (C=O) groups is 7. The summed E-state index contributed by atoms with van der Waals surface area (Å²) in [7, 11) is 0. The number of aromatic carboxylic acids is 5. The van der Waals surface area contributed by atoms with Crippen LogP contribution in [-0.2, 0) is 14.3 Å². The highest BCUT2D eigenvalue weighted by molar-refractivity contribution is 6.23. The lowest BCUT2D eigenvalue weighted by Crippen LogP contribution is -2.30. The van der Waals surface area contributed by atoms with E-state index in [4.69, 9.17) is 10.2 Å². The van der Waals surface area contributed by atoms with Crippen LogP contribution in [0.2, 0.25) is 0 Å². The first-order chi connectivity index (χ1) is 15.3. The van der Waals surface area contributed by atoms with Gasteiger partial charge in [0.1, 0.15) is 12.7 Å². The predicted molar refractivity (Wildman–Crippen MR) is 95.6 cm³/mol. The minimum atomic E-state index is -2.35. The van der Waals surface area contributed by atoms with Gasteiger partial charge in [0.15, 0.2) is 0 Å². The molecule has 0 aliphatic rings. The molecular formula is C17H14O16. The highest BCUT2D eigenvalue weighted by Crippen LogP contribution is 2.30. The van der Waals surface area contributed by atoms with E-state index in [9.17, 15) is 59.1 Å². The summed E-state index contributed by atoms with van der Waals surface area (Å²) >= 11 is 0. The maximum atomic E-state index is 12.4. The summed E-state index contributed by atoms with van der Waals surface area (Å²) in [4.78, 5) is 82.2. The lowest BCUT2D eigenvalue weighted by molar-refractivity contribution is -0.144. The van der Waals surface area contributed by atoms with Crippen molar-refractivity contribution >= 4 is 41.8 Å². The van der Waals surface area contributed by atoms with Gasteiger partial charge in [0.2, 0.25) is 0 Å². The van der Waals surface area contributed by atoms with Crippen molar-refractivity contribution < 1.29 is 78.8 Å². The number of ether oxygens (including phenoxy) is 2. The molecule has 0 bridgehead atoms. The minimum absolute atomic E-state index is 0.625. The Hall–Kier alpha value is -4.41. The lowest BCUT2D eigenvalue weighted by Gasteiger charge is -2.17. The van der Waals surface area contributed by atoms with Crippen molar-refractivity contribution in [1.29, 1.82) is 0 Å². The van der Waals surface area contributed by atoms with Crippen molar-refractivity contribution in [2.24, 2.45) is 0 Å². The van der Waals surface area contributed by atoms with Gasteiger partial charge in [-0.2, -0.15) is 0 Å². The molecule has 0 fully saturated rings. The van der Waals surface area contributed by atoms with E-state index in [0.717, 1.165) is 0 Å². The van der Waals surface area contributed by atoms with Crippen LogP contribution in [0.5, 0.6) is 0 Å². The molecule has 0 aliphatic carbocycles. The lowest BCUT2D eigenvalue weighted by atomic mass is 9.86. The zero-order valence-corrected chi connectivity index (χ0v) is 16.0. The number of carbonyl (C=O) groups excluding carboxylic acids is 2. The highest BCUT2D eigenvalue weighted by atomic mass is 16.6. The van der Waals surface area contributed by atoms with E-state index in [1.54, 1.807) is 0 Å². The number of carboxylic acid groups (broad SMARTS) is 5. The van der Waals surface area contributed by atoms with Crippen LogP contribution in [0.4, 0.5) is 0 Å². The molecule has 7 N–H and O–H groups in total. The first kappa shape index (κ1) is 26.6. The summed E-state index contributed by atoms with van der Waals surface area (Å²) in [5.41, 5.74) is -10.5. The van der Waals surface area contributed by atoms with Gasteiger partial charge in [-0.1, -0.05) is 0 Å². The smallest absolute Gasteiger partial charge is 0.347 e. The van der Waals surface area contributed by atoms with E-state index in [0.29, 0.717) is 0 Å². The van der Waals surface area contributed by atoms with Gasteiger partial charge < -0.3 is 45.2 Å². The predicted octanol–water partition coefficient (Wildman–Crippen LogP) is -1.77. The van der Waals surface area contributed by atoms with Crippen LogP contribution >= 0.6 is 0 Å². The maximum Gasteiger partial charge on any atom is 0.347 e. The molecule has 16 heteroatoms. The third-order valence-electron chi connectivity index (χ3n) is 3.72. The number of aliphatic hydroxyl groups is 2. The van der Waals surface area contributed by atoms with Crippen molar-refractivity contribution in [2.75, 3.05) is 19.8 Å². The number of hydrogen-bond donors (Lipinski definition) is 7. The quantitative estimate of drug-likeness (QED) is 0.138. The van der Waals surface area contributed by atoms with Gasteiger partial charge in [-0.15, -0.1) is 0 Å². The van der Waals surface area contributed by atoms with Crippen LogP contribution in [0.1, 0.15) is 62.1 Å². The van der Waals surface area contributed by atoms with Crippen LogP contribution < -0.4 is 0 Å². The van der Waals surface area contributed by atoms with Crippen molar-refractivity contribution in [3.8, 4) is 0 Å². The number of rotatable bonds is 11. The molecule has 1 atom stereocenters. The SMILES string of the molecule is O=C(COCC(O)CO)OC(=O)c1c(C(=O)O)c(C(=O)O)c(C(=O)O)c(C(=O)O)c1C(=O)O. The number of aliphatic hydroxyl groups excluding tert-OH is 2. The van der Waals surface area contributed by atoms with E-state index in [-0.39, 0.29) is 0 Å². The molecule has 178 valence electrons. The molecule has 0 spiro atoms. The Balaban J connectivity index is 3.82. The Kier molecular flexibility index (Phi) is 8.68. The molecule has 0 radical (unpaired) electrons. The van der Waals surface area contributed by atoms with Crippen LogP contribution in [0.25, 0.3) is 0 Å². The first-order valence-corrected chi connectivity index (χ1v) is 8.28. The average Bonchev–Trinajstić information content (AvgIpc) is 2.70. The molecule has 1 aromatic carbocycles. The summed E-state index contributed by atoms with van der Waals surface area (Å²) < 4.78 is 8.78. The van der Waals surface area contributed by atoms with Crippen LogP contribution in [0.15, 0.2) is 0 Å². The van der Waals surface area contributed by atoms with Crippen molar-refractivity contribution in [2.45, 2.75) is 6.10 Å². The molecule has 1 unspecified atom stereocenters. The molecular weight excluding hydrogens is 460 g/mol. The second-order valence-electron chi connectivity index (χ2n) is 5.89. The zero-order chi connectivity index (χ0) is 25.6.